The summed E-state index contributed by atoms with van der Waals surface area (Å²) in [5.41, 5.74) is 0. The van der Waals surface area contributed by atoms with Crippen molar-refractivity contribution in [3.05, 3.63) is 0 Å². The first-order chi connectivity index (χ1) is 3.46. The van der Waals surface area contributed by atoms with Gasteiger partial charge < -0.3 is 21.9 Å². The van der Waals surface area contributed by atoms with Gasteiger partial charge in [-0.1, -0.05) is 0 Å². The van der Waals surface area contributed by atoms with Gasteiger partial charge in [-0.05, 0) is 0 Å². The Bertz CT molecular complexity index is 83.5. The van der Waals surface area contributed by atoms with Crippen molar-refractivity contribution in [3.8, 4) is 0 Å². The minimum absolute atomic E-state index is 0. The van der Waals surface area contributed by atoms with Gasteiger partial charge in [0.2, 0.25) is 0 Å². The standard InChI is InChI=1S/2CH2O3.Cd.ClH.Na.H/c2*2-1(3)4;;;;/h2*(H2,2,3,4);;1H;;/q;;;;+1;-1. The van der Waals surface area contributed by atoms with Gasteiger partial charge in [-0.3, -0.25) is 0 Å². The maximum Gasteiger partial charge on any atom is 1.00 e. The van der Waals surface area contributed by atoms with E-state index in [0.717, 1.165) is 0 Å². The van der Waals surface area contributed by atoms with E-state index in [4.69, 9.17) is 30.0 Å². The van der Waals surface area contributed by atoms with Gasteiger partial charge in [-0.15, -0.1) is 12.4 Å². The smallest absolute Gasteiger partial charge is 1.00 e. The first-order valence-electron chi connectivity index (χ1n) is 1.30. The summed E-state index contributed by atoms with van der Waals surface area (Å²) in [5, 5.41) is 27.9. The van der Waals surface area contributed by atoms with Crippen LogP contribution < -0.4 is 29.6 Å². The van der Waals surface area contributed by atoms with Gasteiger partial charge >= 0.3 is 41.9 Å². The van der Waals surface area contributed by atoms with Crippen molar-refractivity contribution in [2.75, 3.05) is 0 Å². The summed E-state index contributed by atoms with van der Waals surface area (Å²) < 4.78 is 0. The van der Waals surface area contributed by atoms with Crippen molar-refractivity contribution in [2.45, 2.75) is 0 Å². The number of hydrogen-bond donors (Lipinski definition) is 4. The molecule has 0 aromatic carbocycles. The molecule has 0 amide bonds. The molecule has 4 N–H and O–H groups in total. The van der Waals surface area contributed by atoms with Crippen molar-refractivity contribution < 1.29 is 88.3 Å². The van der Waals surface area contributed by atoms with Crippen molar-refractivity contribution in [1.29, 1.82) is 0 Å². The van der Waals surface area contributed by atoms with Gasteiger partial charge in [-0.25, -0.2) is 9.59 Å². The number of rotatable bonds is 0. The van der Waals surface area contributed by atoms with Gasteiger partial charge in [0.05, 0.1) is 0 Å². The molecule has 0 aliphatic heterocycles. The third-order valence-electron chi connectivity index (χ3n) is 0. The average Bonchev–Trinajstić information content (AvgIpc) is 1.25. The Balaban J connectivity index is -0.0000000112. The Hall–Kier alpha value is 0.752. The van der Waals surface area contributed by atoms with Crippen LogP contribution in [0.5, 0.6) is 0 Å². The first-order valence-corrected chi connectivity index (χ1v) is 1.30. The molecule has 11 heavy (non-hydrogen) atoms. The van der Waals surface area contributed by atoms with E-state index < -0.39 is 12.3 Å². The van der Waals surface area contributed by atoms with E-state index in [1.807, 2.05) is 0 Å². The van der Waals surface area contributed by atoms with Crippen LogP contribution in [0.15, 0.2) is 0 Å². The predicted molar refractivity (Wildman–Crippen MR) is 29.7 cm³/mol. The summed E-state index contributed by atoms with van der Waals surface area (Å²) in [5.74, 6) is 0. The maximum atomic E-state index is 8.56. The number of carboxylic acid groups (broad SMARTS) is 4. The van der Waals surface area contributed by atoms with Crippen molar-refractivity contribution in [2.24, 2.45) is 0 Å². The summed E-state index contributed by atoms with van der Waals surface area (Å²) in [4.78, 5) is 17.1. The number of carbonyl (C=O) groups is 2. The number of halogens is 1. The molecular weight excluding hydrogens is 291 g/mol. The molecule has 0 aliphatic rings. The zero-order valence-corrected chi connectivity index (χ0v) is 12.6. The van der Waals surface area contributed by atoms with E-state index in [2.05, 4.69) is 0 Å². The minimum atomic E-state index is -1.83. The van der Waals surface area contributed by atoms with Crippen LogP contribution in [0.3, 0.4) is 0 Å². The Kier molecular flexibility index (Phi) is 60.8. The Morgan fingerprint density at radius 3 is 0.909 bits per heavy atom. The quantitative estimate of drug-likeness (QED) is 0.384. The normalized spacial score (nSPS) is 4.36. The molecule has 0 aliphatic carbocycles. The Morgan fingerprint density at radius 2 is 0.909 bits per heavy atom. The van der Waals surface area contributed by atoms with E-state index in [0.29, 0.717) is 0 Å². The average molecular weight is 297 g/mol. The largest absolute Gasteiger partial charge is 1.00 e. The SMILES string of the molecule is Cl.O=C(O)O.O=C(O)O.[Cd].[H-].[Na+]. The summed E-state index contributed by atoms with van der Waals surface area (Å²) in [6.45, 7) is 0. The second kappa shape index (κ2) is 22.4. The van der Waals surface area contributed by atoms with Gasteiger partial charge in [0, 0.05) is 27.3 Å². The minimum Gasteiger partial charge on any atom is -1.00 e. The zero-order valence-electron chi connectivity index (χ0n) is 6.72. The Labute approximate surface area is 112 Å². The van der Waals surface area contributed by atoms with E-state index >= 15 is 0 Å². The molecule has 0 rings (SSSR count). The maximum absolute atomic E-state index is 8.56. The van der Waals surface area contributed by atoms with Crippen molar-refractivity contribution >= 4 is 24.7 Å². The molecule has 0 saturated heterocycles. The molecule has 0 saturated carbocycles. The molecule has 0 aromatic heterocycles. The second-order valence-corrected chi connectivity index (χ2v) is 0.565. The van der Waals surface area contributed by atoms with Crippen LogP contribution in [0.2, 0.25) is 0 Å². The third kappa shape index (κ3) is 1460. The molecule has 0 radical (unpaired) electrons. The molecule has 0 spiro atoms. The number of hydrogen-bond acceptors (Lipinski definition) is 2. The van der Waals surface area contributed by atoms with Crippen LogP contribution in [0.4, 0.5) is 9.59 Å². The Morgan fingerprint density at radius 1 is 0.909 bits per heavy atom. The van der Waals surface area contributed by atoms with Gasteiger partial charge in [0.1, 0.15) is 0 Å². The molecule has 0 aromatic rings. The van der Waals surface area contributed by atoms with Crippen LogP contribution in [0.1, 0.15) is 1.43 Å². The monoisotopic (exact) mass is 298 g/mol. The van der Waals surface area contributed by atoms with Crippen LogP contribution in [0, 0.1) is 0 Å². The molecule has 0 fully saturated rings. The van der Waals surface area contributed by atoms with Crippen LogP contribution >= 0.6 is 12.4 Å². The molecule has 0 atom stereocenters. The van der Waals surface area contributed by atoms with Crippen molar-refractivity contribution in [3.63, 3.8) is 0 Å². The van der Waals surface area contributed by atoms with Crippen LogP contribution in [-0.2, 0) is 27.3 Å². The van der Waals surface area contributed by atoms with Crippen molar-refractivity contribution in [1.82, 2.24) is 0 Å². The molecule has 9 heteroatoms. The predicted octanol–water partition coefficient (Wildman–Crippen LogP) is -2.02. The van der Waals surface area contributed by atoms with Crippen LogP contribution in [0.25, 0.3) is 0 Å². The van der Waals surface area contributed by atoms with E-state index in [9.17, 15) is 0 Å². The van der Waals surface area contributed by atoms with E-state index in [1.54, 1.807) is 0 Å². The third-order valence-corrected chi connectivity index (χ3v) is 0. The summed E-state index contributed by atoms with van der Waals surface area (Å²) in [7, 11) is 0. The molecule has 0 unspecified atom stereocenters. The van der Waals surface area contributed by atoms with Gasteiger partial charge in [-0.2, -0.15) is 0 Å². The zero-order chi connectivity index (χ0) is 7.15. The topological polar surface area (TPSA) is 115 Å². The van der Waals surface area contributed by atoms with Gasteiger partial charge in [0.15, 0.2) is 0 Å². The fourth-order valence-electron chi connectivity index (χ4n) is 0. The van der Waals surface area contributed by atoms with Gasteiger partial charge in [0.25, 0.3) is 0 Å². The first kappa shape index (κ1) is 29.8. The van der Waals surface area contributed by atoms with E-state index in [1.165, 1.54) is 0 Å². The molecule has 0 heterocycles. The fourth-order valence-corrected chi connectivity index (χ4v) is 0. The second-order valence-electron chi connectivity index (χ2n) is 0.565. The molecule has 0 bridgehead atoms. The summed E-state index contributed by atoms with van der Waals surface area (Å²) in [6, 6.07) is 0. The fraction of sp³-hybridized carbons (Fsp3) is 0. The molecule has 60 valence electrons. The summed E-state index contributed by atoms with van der Waals surface area (Å²) in [6.07, 6.45) is -3.67. The van der Waals surface area contributed by atoms with E-state index in [-0.39, 0.29) is 70.7 Å². The summed E-state index contributed by atoms with van der Waals surface area (Å²) >= 11 is 0. The molecule has 6 nitrogen and oxygen atoms in total. The van der Waals surface area contributed by atoms with Crippen LogP contribution in [-0.4, -0.2) is 32.7 Å². The molecular formula is C2H6CdClNaO6.